The first-order valence-corrected chi connectivity index (χ1v) is 9.42. The minimum atomic E-state index is -0.726. The van der Waals surface area contributed by atoms with Crippen LogP contribution in [0, 0.1) is 5.82 Å². The molecule has 2 aromatic heterocycles. The molecule has 3 aromatic rings. The van der Waals surface area contributed by atoms with Gasteiger partial charge in [0.2, 0.25) is 5.91 Å². The lowest BCUT2D eigenvalue weighted by Crippen LogP contribution is -2.51. The molecule has 9 heteroatoms. The molecule has 0 saturated carbocycles. The van der Waals surface area contributed by atoms with Crippen LogP contribution < -0.4 is 10.5 Å². The van der Waals surface area contributed by atoms with Crippen molar-refractivity contribution in [2.75, 3.05) is 31.1 Å². The van der Waals surface area contributed by atoms with E-state index in [-0.39, 0.29) is 17.3 Å². The zero-order valence-electron chi connectivity index (χ0n) is 16.0. The summed E-state index contributed by atoms with van der Waals surface area (Å²) in [4.78, 5) is 29.1. The van der Waals surface area contributed by atoms with E-state index >= 15 is 0 Å². The topological polar surface area (TPSA) is 76.3 Å². The summed E-state index contributed by atoms with van der Waals surface area (Å²) in [5.74, 6) is 0.0398. The summed E-state index contributed by atoms with van der Waals surface area (Å²) in [6, 6.07) is 10.3. The van der Waals surface area contributed by atoms with Gasteiger partial charge in [0.25, 0.3) is 5.56 Å². The van der Waals surface area contributed by atoms with Crippen molar-refractivity contribution in [2.45, 2.75) is 13.0 Å². The van der Waals surface area contributed by atoms with Crippen LogP contribution in [-0.2, 0) is 4.79 Å². The van der Waals surface area contributed by atoms with Gasteiger partial charge in [0, 0.05) is 50.3 Å². The van der Waals surface area contributed by atoms with Crippen LogP contribution in [0.15, 0.2) is 59.7 Å². The fourth-order valence-corrected chi connectivity index (χ4v) is 3.42. The Morgan fingerprint density at radius 1 is 1.07 bits per heavy atom. The molecule has 1 unspecified atom stereocenters. The summed E-state index contributed by atoms with van der Waals surface area (Å²) in [7, 11) is 0. The van der Waals surface area contributed by atoms with E-state index in [0.29, 0.717) is 32.0 Å². The van der Waals surface area contributed by atoms with E-state index in [4.69, 9.17) is 0 Å². The molecule has 1 amide bonds. The van der Waals surface area contributed by atoms with Crippen molar-refractivity contribution in [2.24, 2.45) is 0 Å². The van der Waals surface area contributed by atoms with Gasteiger partial charge in [-0.3, -0.25) is 9.59 Å². The molecule has 0 spiro atoms. The smallest absolute Gasteiger partial charge is 0.267 e. The molecule has 1 aliphatic heterocycles. The van der Waals surface area contributed by atoms with Crippen LogP contribution in [0.4, 0.5) is 10.1 Å². The molecule has 1 aromatic carbocycles. The summed E-state index contributed by atoms with van der Waals surface area (Å²) < 4.78 is 15.8. The molecule has 1 fully saturated rings. The van der Waals surface area contributed by atoms with Gasteiger partial charge in [0.1, 0.15) is 11.9 Å². The van der Waals surface area contributed by atoms with Gasteiger partial charge in [-0.2, -0.15) is 5.10 Å². The van der Waals surface area contributed by atoms with Crippen LogP contribution in [0.25, 0.3) is 5.82 Å². The van der Waals surface area contributed by atoms with Crippen LogP contribution in [0.3, 0.4) is 0 Å². The number of aromatic nitrogens is 4. The molecular formula is C20H21FN6O2. The number of amides is 1. The Morgan fingerprint density at radius 2 is 1.79 bits per heavy atom. The quantitative estimate of drug-likeness (QED) is 0.668. The van der Waals surface area contributed by atoms with Crippen molar-refractivity contribution in [3.05, 3.63) is 71.0 Å². The minimum Gasteiger partial charge on any atom is -0.368 e. The van der Waals surface area contributed by atoms with Crippen molar-refractivity contribution in [3.8, 4) is 5.82 Å². The molecule has 4 rings (SSSR count). The highest BCUT2D eigenvalue weighted by Gasteiger charge is 2.27. The van der Waals surface area contributed by atoms with Crippen LogP contribution in [0.2, 0.25) is 0 Å². The predicted octanol–water partition coefficient (Wildman–Crippen LogP) is 1.48. The van der Waals surface area contributed by atoms with Crippen molar-refractivity contribution >= 4 is 11.6 Å². The van der Waals surface area contributed by atoms with Crippen molar-refractivity contribution in [1.82, 2.24) is 24.5 Å². The zero-order chi connectivity index (χ0) is 20.4. The van der Waals surface area contributed by atoms with E-state index in [0.717, 1.165) is 5.69 Å². The first-order chi connectivity index (χ1) is 14.0. The fraction of sp³-hybridized carbons (Fsp3) is 0.300. The summed E-state index contributed by atoms with van der Waals surface area (Å²) in [6.07, 6.45) is 3.34. The van der Waals surface area contributed by atoms with E-state index in [1.54, 1.807) is 48.5 Å². The number of anilines is 1. The Hall–Kier alpha value is -3.49. The van der Waals surface area contributed by atoms with Gasteiger partial charge in [0.05, 0.1) is 0 Å². The van der Waals surface area contributed by atoms with E-state index in [2.05, 4.69) is 15.1 Å². The standard InChI is InChI=1S/C20H21FN6O2/c1-15(27-19(28)8-7-18(23-27)26-10-2-9-22-26)20(29)25-13-11-24(12-14-25)17-5-3-16(21)4-6-17/h2-10,15H,11-14H2,1H3. The molecule has 1 aliphatic rings. The molecule has 3 heterocycles. The molecular weight excluding hydrogens is 375 g/mol. The lowest BCUT2D eigenvalue weighted by Gasteiger charge is -2.37. The molecule has 0 bridgehead atoms. The number of nitrogens with zero attached hydrogens (tertiary/aromatic N) is 6. The first-order valence-electron chi connectivity index (χ1n) is 9.42. The molecule has 0 N–H and O–H groups in total. The highest BCUT2D eigenvalue weighted by Crippen LogP contribution is 2.18. The first kappa shape index (κ1) is 18.9. The van der Waals surface area contributed by atoms with Crippen molar-refractivity contribution in [3.63, 3.8) is 0 Å². The maximum Gasteiger partial charge on any atom is 0.267 e. The average molecular weight is 396 g/mol. The van der Waals surface area contributed by atoms with Gasteiger partial charge in [-0.25, -0.2) is 13.8 Å². The van der Waals surface area contributed by atoms with Crippen molar-refractivity contribution < 1.29 is 9.18 Å². The lowest BCUT2D eigenvalue weighted by molar-refractivity contribution is -0.135. The second-order valence-corrected chi connectivity index (χ2v) is 6.89. The third-order valence-corrected chi connectivity index (χ3v) is 5.06. The maximum absolute atomic E-state index is 13.1. The maximum atomic E-state index is 13.1. The van der Waals surface area contributed by atoms with Gasteiger partial charge in [-0.15, -0.1) is 5.10 Å². The van der Waals surface area contributed by atoms with E-state index in [1.807, 2.05) is 0 Å². The molecule has 0 aliphatic carbocycles. The monoisotopic (exact) mass is 396 g/mol. The number of carbonyl (C=O) groups excluding carboxylic acids is 1. The van der Waals surface area contributed by atoms with Crippen molar-refractivity contribution in [1.29, 1.82) is 0 Å². The number of halogens is 1. The van der Waals surface area contributed by atoms with E-state index in [1.165, 1.54) is 27.6 Å². The Morgan fingerprint density at radius 3 is 2.45 bits per heavy atom. The highest BCUT2D eigenvalue weighted by atomic mass is 19.1. The molecule has 150 valence electrons. The largest absolute Gasteiger partial charge is 0.368 e. The normalized spacial score (nSPS) is 15.4. The third kappa shape index (κ3) is 3.89. The Bertz CT molecular complexity index is 1040. The molecule has 8 nitrogen and oxygen atoms in total. The second-order valence-electron chi connectivity index (χ2n) is 6.89. The second kappa shape index (κ2) is 7.86. The number of hydrogen-bond acceptors (Lipinski definition) is 5. The third-order valence-electron chi connectivity index (χ3n) is 5.06. The summed E-state index contributed by atoms with van der Waals surface area (Å²) in [6.45, 7) is 4.00. The summed E-state index contributed by atoms with van der Waals surface area (Å²) in [5, 5.41) is 8.42. The SMILES string of the molecule is CC(C(=O)N1CCN(c2ccc(F)cc2)CC1)n1nc(-n2cccn2)ccc1=O. The van der Waals surface area contributed by atoms with Gasteiger partial charge < -0.3 is 9.80 Å². The average Bonchev–Trinajstić information content (AvgIpc) is 3.29. The molecule has 1 saturated heterocycles. The number of carbonyl (C=O) groups is 1. The Balaban J connectivity index is 1.46. The molecule has 0 radical (unpaired) electrons. The number of rotatable bonds is 4. The van der Waals surface area contributed by atoms with E-state index < -0.39 is 6.04 Å². The van der Waals surface area contributed by atoms with E-state index in [9.17, 15) is 14.0 Å². The Labute approximate surface area is 166 Å². The predicted molar refractivity (Wildman–Crippen MR) is 106 cm³/mol. The number of piperazine rings is 1. The van der Waals surface area contributed by atoms with Gasteiger partial charge in [-0.05, 0) is 43.3 Å². The number of hydrogen-bond donors (Lipinski definition) is 0. The lowest BCUT2D eigenvalue weighted by atomic mass is 10.2. The van der Waals surface area contributed by atoms with Crippen LogP contribution >= 0.6 is 0 Å². The van der Waals surface area contributed by atoms with Crippen LogP contribution in [-0.4, -0.2) is 56.5 Å². The van der Waals surface area contributed by atoms with Crippen LogP contribution in [0.5, 0.6) is 0 Å². The summed E-state index contributed by atoms with van der Waals surface area (Å²) in [5.41, 5.74) is 0.586. The van der Waals surface area contributed by atoms with Crippen LogP contribution in [0.1, 0.15) is 13.0 Å². The summed E-state index contributed by atoms with van der Waals surface area (Å²) >= 11 is 0. The molecule has 1 atom stereocenters. The fourth-order valence-electron chi connectivity index (χ4n) is 3.42. The van der Waals surface area contributed by atoms with Gasteiger partial charge in [-0.1, -0.05) is 0 Å². The van der Waals surface area contributed by atoms with Gasteiger partial charge in [0.15, 0.2) is 5.82 Å². The Kier molecular flexibility index (Phi) is 5.11. The zero-order valence-corrected chi connectivity index (χ0v) is 16.0. The molecule has 29 heavy (non-hydrogen) atoms. The van der Waals surface area contributed by atoms with Gasteiger partial charge >= 0.3 is 0 Å². The minimum absolute atomic E-state index is 0.157. The highest BCUT2D eigenvalue weighted by molar-refractivity contribution is 5.80. The number of benzene rings is 1.